The maximum Gasteiger partial charge on any atom is 0.411 e. The number of piperidine rings is 1. The van der Waals surface area contributed by atoms with Gasteiger partial charge in [0.15, 0.2) is 0 Å². The minimum absolute atomic E-state index is 0.140. The van der Waals surface area contributed by atoms with Gasteiger partial charge in [0.25, 0.3) is 0 Å². The van der Waals surface area contributed by atoms with E-state index >= 15 is 0 Å². The number of nitrogens with one attached hydrogen (secondary N) is 1. The summed E-state index contributed by atoms with van der Waals surface area (Å²) >= 11 is 0. The number of ether oxygens (including phenoxy) is 2. The normalized spacial score (nSPS) is 26.0. The van der Waals surface area contributed by atoms with E-state index in [4.69, 9.17) is 9.47 Å². The standard InChI is InChI=1S/C20H26N2O6/c1-20(2,3)28-19(26)22-15-10-13(16(22)17(23)24)9-14(15)21-18(25)27-11-12-7-5-4-6-8-12/h4-8,13-16H,9-11H2,1-3H3,(H,21,25)(H,23,24)/t13-,14+,15-,16+/m1/s1. The fourth-order valence-electron chi connectivity index (χ4n) is 4.01. The minimum atomic E-state index is -1.05. The van der Waals surface area contributed by atoms with E-state index in [0.29, 0.717) is 12.8 Å². The van der Waals surface area contributed by atoms with Crippen molar-refractivity contribution in [2.24, 2.45) is 5.92 Å². The van der Waals surface area contributed by atoms with E-state index in [0.717, 1.165) is 5.56 Å². The number of carboxylic acids is 1. The van der Waals surface area contributed by atoms with Crippen LogP contribution in [0, 0.1) is 5.92 Å². The van der Waals surface area contributed by atoms with Gasteiger partial charge in [-0.05, 0) is 45.1 Å². The van der Waals surface area contributed by atoms with Crippen molar-refractivity contribution in [2.75, 3.05) is 0 Å². The van der Waals surface area contributed by atoms with E-state index in [1.165, 1.54) is 4.90 Å². The first-order valence-electron chi connectivity index (χ1n) is 9.37. The summed E-state index contributed by atoms with van der Waals surface area (Å²) in [5.41, 5.74) is 0.131. The molecule has 2 aliphatic rings. The van der Waals surface area contributed by atoms with Crippen LogP contribution in [0.15, 0.2) is 30.3 Å². The summed E-state index contributed by atoms with van der Waals surface area (Å²) in [6.07, 6.45) is -0.254. The van der Waals surface area contributed by atoms with Crippen molar-refractivity contribution < 1.29 is 29.0 Å². The molecule has 1 aliphatic carbocycles. The van der Waals surface area contributed by atoms with Gasteiger partial charge in [-0.2, -0.15) is 0 Å². The average Bonchev–Trinajstić information content (AvgIpc) is 3.17. The van der Waals surface area contributed by atoms with Crippen LogP contribution in [-0.2, 0) is 20.9 Å². The summed E-state index contributed by atoms with van der Waals surface area (Å²) in [6, 6.07) is 7.58. The van der Waals surface area contributed by atoms with E-state index in [2.05, 4.69) is 5.32 Å². The van der Waals surface area contributed by atoms with Crippen LogP contribution in [0.5, 0.6) is 0 Å². The van der Waals surface area contributed by atoms with Crippen molar-refractivity contribution in [2.45, 2.75) is 63.9 Å². The Balaban J connectivity index is 1.63. The molecule has 2 fully saturated rings. The maximum atomic E-state index is 12.6. The highest BCUT2D eigenvalue weighted by Crippen LogP contribution is 2.43. The van der Waals surface area contributed by atoms with Crippen molar-refractivity contribution in [3.8, 4) is 0 Å². The molecule has 1 saturated heterocycles. The third-order valence-electron chi connectivity index (χ3n) is 5.04. The van der Waals surface area contributed by atoms with Gasteiger partial charge >= 0.3 is 18.2 Å². The molecule has 0 spiro atoms. The number of fused-ring (bicyclic) bond motifs is 2. The average molecular weight is 390 g/mol. The van der Waals surface area contributed by atoms with E-state index in [9.17, 15) is 19.5 Å². The SMILES string of the molecule is CC(C)(C)OC(=O)N1[C@@H]2C[C@@H](C[C@@H]2NC(=O)OCc2ccccc2)[C@H]1C(=O)O. The Hall–Kier alpha value is -2.77. The molecule has 8 nitrogen and oxygen atoms in total. The van der Waals surface area contributed by atoms with Crippen LogP contribution < -0.4 is 5.32 Å². The van der Waals surface area contributed by atoms with Crippen molar-refractivity contribution >= 4 is 18.2 Å². The molecule has 3 rings (SSSR count). The van der Waals surface area contributed by atoms with Gasteiger partial charge in [-0.15, -0.1) is 0 Å². The molecule has 8 heteroatoms. The Labute approximate surface area is 163 Å². The number of carboxylic acid groups (broad SMARTS) is 1. The Morgan fingerprint density at radius 1 is 1.18 bits per heavy atom. The molecule has 1 aromatic carbocycles. The summed E-state index contributed by atoms with van der Waals surface area (Å²) in [7, 11) is 0. The zero-order valence-corrected chi connectivity index (χ0v) is 16.3. The van der Waals surface area contributed by atoms with Crippen LogP contribution in [0.4, 0.5) is 9.59 Å². The largest absolute Gasteiger partial charge is 0.480 e. The smallest absolute Gasteiger partial charge is 0.411 e. The number of carbonyl (C=O) groups is 3. The number of alkyl carbamates (subject to hydrolysis) is 1. The molecule has 0 radical (unpaired) electrons. The molecule has 2 N–H and O–H groups in total. The first kappa shape index (κ1) is 20.0. The first-order valence-corrected chi connectivity index (χ1v) is 9.37. The monoisotopic (exact) mass is 390 g/mol. The number of nitrogens with zero attached hydrogens (tertiary/aromatic N) is 1. The summed E-state index contributed by atoms with van der Waals surface area (Å²) in [5, 5.41) is 12.4. The first-order chi connectivity index (χ1) is 13.2. The molecule has 4 atom stereocenters. The van der Waals surface area contributed by atoms with Gasteiger partial charge in [0.05, 0.1) is 12.1 Å². The third-order valence-corrected chi connectivity index (χ3v) is 5.04. The molecular formula is C20H26N2O6. The third kappa shape index (κ3) is 4.37. The number of hydrogen-bond donors (Lipinski definition) is 2. The van der Waals surface area contributed by atoms with Gasteiger partial charge in [0, 0.05) is 0 Å². The zero-order chi connectivity index (χ0) is 20.5. The predicted octanol–water partition coefficient (Wildman–Crippen LogP) is 2.76. The Bertz CT molecular complexity index is 745. The van der Waals surface area contributed by atoms with Gasteiger partial charge in [-0.3, -0.25) is 4.90 Å². The van der Waals surface area contributed by atoms with Crippen LogP contribution in [0.25, 0.3) is 0 Å². The maximum absolute atomic E-state index is 12.6. The van der Waals surface area contributed by atoms with Crippen molar-refractivity contribution in [1.82, 2.24) is 10.2 Å². The van der Waals surface area contributed by atoms with Crippen LogP contribution in [-0.4, -0.2) is 51.9 Å². The van der Waals surface area contributed by atoms with Crippen LogP contribution >= 0.6 is 0 Å². The van der Waals surface area contributed by atoms with Crippen LogP contribution in [0.1, 0.15) is 39.2 Å². The highest BCUT2D eigenvalue weighted by Gasteiger charge is 2.57. The molecule has 1 heterocycles. The second-order valence-corrected chi connectivity index (χ2v) is 8.28. The molecular weight excluding hydrogens is 364 g/mol. The Kier molecular flexibility index (Phi) is 5.49. The topological polar surface area (TPSA) is 105 Å². The number of benzene rings is 1. The molecule has 2 amide bonds. The number of amides is 2. The molecule has 2 bridgehead atoms. The van der Waals surface area contributed by atoms with Gasteiger partial charge in [0.2, 0.25) is 0 Å². The lowest BCUT2D eigenvalue weighted by Gasteiger charge is -2.38. The number of likely N-dealkylation sites (tertiary alicyclic amines) is 1. The number of carbonyl (C=O) groups excluding carboxylic acids is 2. The zero-order valence-electron chi connectivity index (χ0n) is 16.3. The predicted molar refractivity (Wildman–Crippen MR) is 99.6 cm³/mol. The Morgan fingerprint density at radius 3 is 2.46 bits per heavy atom. The quantitative estimate of drug-likeness (QED) is 0.819. The van der Waals surface area contributed by atoms with Gasteiger partial charge in [-0.1, -0.05) is 30.3 Å². The van der Waals surface area contributed by atoms with E-state index in [1.807, 2.05) is 30.3 Å². The highest BCUT2D eigenvalue weighted by atomic mass is 16.6. The lowest BCUT2D eigenvalue weighted by atomic mass is 9.97. The number of aliphatic carboxylic acids is 1. The minimum Gasteiger partial charge on any atom is -0.480 e. The summed E-state index contributed by atoms with van der Waals surface area (Å²) < 4.78 is 10.6. The lowest BCUT2D eigenvalue weighted by Crippen LogP contribution is -2.58. The van der Waals surface area contributed by atoms with Crippen LogP contribution in [0.2, 0.25) is 0 Å². The molecule has 0 unspecified atom stereocenters. The molecule has 152 valence electrons. The van der Waals surface area contributed by atoms with Crippen molar-refractivity contribution in [3.05, 3.63) is 35.9 Å². The second kappa shape index (κ2) is 7.69. The number of rotatable bonds is 4. The fourth-order valence-corrected chi connectivity index (χ4v) is 4.01. The molecule has 1 aromatic rings. The summed E-state index contributed by atoms with van der Waals surface area (Å²) in [4.78, 5) is 37.8. The molecule has 0 aromatic heterocycles. The Morgan fingerprint density at radius 2 is 1.86 bits per heavy atom. The fraction of sp³-hybridized carbons (Fsp3) is 0.550. The van der Waals surface area contributed by atoms with E-state index in [1.54, 1.807) is 20.8 Å². The molecule has 1 aliphatic heterocycles. The summed E-state index contributed by atoms with van der Waals surface area (Å²) in [6.45, 7) is 5.32. The molecule has 28 heavy (non-hydrogen) atoms. The lowest BCUT2D eigenvalue weighted by molar-refractivity contribution is -0.145. The second-order valence-electron chi connectivity index (χ2n) is 8.28. The van der Waals surface area contributed by atoms with Gasteiger partial charge < -0.3 is 19.9 Å². The highest BCUT2D eigenvalue weighted by molar-refractivity contribution is 5.82. The van der Waals surface area contributed by atoms with E-state index in [-0.39, 0.29) is 18.6 Å². The van der Waals surface area contributed by atoms with Gasteiger partial charge in [-0.25, -0.2) is 14.4 Å². The van der Waals surface area contributed by atoms with Crippen molar-refractivity contribution in [1.29, 1.82) is 0 Å². The van der Waals surface area contributed by atoms with E-state index < -0.39 is 35.8 Å². The van der Waals surface area contributed by atoms with Crippen LogP contribution in [0.3, 0.4) is 0 Å². The van der Waals surface area contributed by atoms with Gasteiger partial charge in [0.1, 0.15) is 18.2 Å². The molecule has 1 saturated carbocycles. The van der Waals surface area contributed by atoms with Crippen molar-refractivity contribution in [3.63, 3.8) is 0 Å². The number of hydrogen-bond acceptors (Lipinski definition) is 5. The summed E-state index contributed by atoms with van der Waals surface area (Å²) in [5.74, 6) is -1.28.